The standard InChI is InChI=1S/C11H16N2O2/c1-8-4-6-15-10(8)11(14)13-5-2-3-9(13)7-12/h4,6,9H,2-3,5,7,12H2,1H3. The predicted molar refractivity (Wildman–Crippen MR) is 56.6 cm³/mol. The summed E-state index contributed by atoms with van der Waals surface area (Å²) in [5, 5.41) is 0. The number of likely N-dealkylation sites (tertiary alicyclic amines) is 1. The van der Waals surface area contributed by atoms with Gasteiger partial charge < -0.3 is 15.1 Å². The second-order valence-corrected chi connectivity index (χ2v) is 3.96. The van der Waals surface area contributed by atoms with Crippen LogP contribution in [0.1, 0.15) is 29.0 Å². The molecule has 15 heavy (non-hydrogen) atoms. The molecule has 4 nitrogen and oxygen atoms in total. The van der Waals surface area contributed by atoms with Crippen molar-refractivity contribution in [3.8, 4) is 0 Å². The Morgan fingerprint density at radius 1 is 1.73 bits per heavy atom. The van der Waals surface area contributed by atoms with E-state index >= 15 is 0 Å². The van der Waals surface area contributed by atoms with Crippen molar-refractivity contribution in [1.29, 1.82) is 0 Å². The number of carbonyl (C=O) groups is 1. The van der Waals surface area contributed by atoms with Crippen molar-refractivity contribution < 1.29 is 9.21 Å². The van der Waals surface area contributed by atoms with Crippen LogP contribution in [0.15, 0.2) is 16.7 Å². The zero-order valence-corrected chi connectivity index (χ0v) is 8.90. The first-order valence-electron chi connectivity index (χ1n) is 5.29. The topological polar surface area (TPSA) is 59.5 Å². The van der Waals surface area contributed by atoms with Gasteiger partial charge in [0.05, 0.1) is 6.26 Å². The van der Waals surface area contributed by atoms with E-state index in [1.165, 1.54) is 0 Å². The highest BCUT2D eigenvalue weighted by Crippen LogP contribution is 2.21. The number of carbonyl (C=O) groups excluding carboxylic acids is 1. The van der Waals surface area contributed by atoms with Crippen LogP contribution in [0.2, 0.25) is 0 Å². The van der Waals surface area contributed by atoms with E-state index < -0.39 is 0 Å². The zero-order valence-electron chi connectivity index (χ0n) is 8.90. The van der Waals surface area contributed by atoms with Crippen molar-refractivity contribution >= 4 is 5.91 Å². The molecule has 1 aromatic rings. The molecule has 82 valence electrons. The number of hydrogen-bond acceptors (Lipinski definition) is 3. The summed E-state index contributed by atoms with van der Waals surface area (Å²) in [7, 11) is 0. The van der Waals surface area contributed by atoms with E-state index in [1.54, 1.807) is 12.3 Å². The van der Waals surface area contributed by atoms with Crippen LogP contribution >= 0.6 is 0 Å². The number of nitrogens with zero attached hydrogens (tertiary/aromatic N) is 1. The third-order valence-electron chi connectivity index (χ3n) is 2.97. The highest BCUT2D eigenvalue weighted by Gasteiger charge is 2.30. The molecular formula is C11H16N2O2. The van der Waals surface area contributed by atoms with Crippen LogP contribution in [0.3, 0.4) is 0 Å². The predicted octanol–water partition coefficient (Wildman–Crippen LogP) is 1.15. The molecule has 1 atom stereocenters. The maximum absolute atomic E-state index is 12.1. The molecule has 1 aliphatic rings. The van der Waals surface area contributed by atoms with Gasteiger partial charge in [-0.05, 0) is 25.8 Å². The average Bonchev–Trinajstić information content (AvgIpc) is 2.84. The summed E-state index contributed by atoms with van der Waals surface area (Å²) in [6, 6.07) is 1.99. The highest BCUT2D eigenvalue weighted by atomic mass is 16.3. The molecule has 1 aromatic heterocycles. The second-order valence-electron chi connectivity index (χ2n) is 3.96. The quantitative estimate of drug-likeness (QED) is 0.793. The maximum Gasteiger partial charge on any atom is 0.290 e. The molecule has 0 spiro atoms. The van der Waals surface area contributed by atoms with E-state index in [2.05, 4.69) is 0 Å². The fraction of sp³-hybridized carbons (Fsp3) is 0.545. The Kier molecular flexibility index (Phi) is 2.77. The molecule has 1 unspecified atom stereocenters. The number of rotatable bonds is 2. The fourth-order valence-electron chi connectivity index (χ4n) is 2.07. The van der Waals surface area contributed by atoms with E-state index in [9.17, 15) is 4.79 Å². The van der Waals surface area contributed by atoms with Crippen LogP contribution in [0.5, 0.6) is 0 Å². The molecule has 0 bridgehead atoms. The third-order valence-corrected chi connectivity index (χ3v) is 2.97. The molecular weight excluding hydrogens is 192 g/mol. The molecule has 1 saturated heterocycles. The van der Waals surface area contributed by atoms with Gasteiger partial charge in [0.15, 0.2) is 5.76 Å². The molecule has 0 aromatic carbocycles. The van der Waals surface area contributed by atoms with Gasteiger partial charge in [-0.25, -0.2) is 0 Å². The van der Waals surface area contributed by atoms with Crippen LogP contribution in [0.25, 0.3) is 0 Å². The molecule has 4 heteroatoms. The van der Waals surface area contributed by atoms with Crippen LogP contribution in [0, 0.1) is 6.92 Å². The van der Waals surface area contributed by atoms with Crippen LogP contribution in [-0.4, -0.2) is 29.9 Å². The van der Waals surface area contributed by atoms with E-state index in [4.69, 9.17) is 10.2 Å². The molecule has 2 heterocycles. The lowest BCUT2D eigenvalue weighted by atomic mass is 10.2. The first kappa shape index (κ1) is 10.2. The Morgan fingerprint density at radius 3 is 3.13 bits per heavy atom. The highest BCUT2D eigenvalue weighted by molar-refractivity contribution is 5.93. The molecule has 2 N–H and O–H groups in total. The van der Waals surface area contributed by atoms with E-state index in [0.29, 0.717) is 12.3 Å². The van der Waals surface area contributed by atoms with Crippen molar-refractivity contribution in [3.05, 3.63) is 23.7 Å². The van der Waals surface area contributed by atoms with Gasteiger partial charge in [-0.1, -0.05) is 0 Å². The largest absolute Gasteiger partial charge is 0.459 e. The second kappa shape index (κ2) is 4.06. The van der Waals surface area contributed by atoms with Crippen LogP contribution in [0.4, 0.5) is 0 Å². The minimum Gasteiger partial charge on any atom is -0.459 e. The first-order valence-corrected chi connectivity index (χ1v) is 5.29. The van der Waals surface area contributed by atoms with Gasteiger partial charge in [0.25, 0.3) is 5.91 Å². The van der Waals surface area contributed by atoms with Crippen molar-refractivity contribution in [2.75, 3.05) is 13.1 Å². The summed E-state index contributed by atoms with van der Waals surface area (Å²) in [5.74, 6) is 0.431. The minimum atomic E-state index is -0.0227. The van der Waals surface area contributed by atoms with Gasteiger partial charge in [0, 0.05) is 24.7 Å². The number of furan rings is 1. The number of amides is 1. The fourth-order valence-corrected chi connectivity index (χ4v) is 2.07. The third kappa shape index (κ3) is 1.77. The molecule has 2 rings (SSSR count). The smallest absolute Gasteiger partial charge is 0.290 e. The maximum atomic E-state index is 12.1. The van der Waals surface area contributed by atoms with E-state index in [1.807, 2.05) is 11.8 Å². The number of aryl methyl sites for hydroxylation is 1. The molecule has 1 aliphatic heterocycles. The van der Waals surface area contributed by atoms with Crippen molar-refractivity contribution in [1.82, 2.24) is 4.90 Å². The Labute approximate surface area is 89.0 Å². The first-order chi connectivity index (χ1) is 7.24. The Bertz CT molecular complexity index is 359. The summed E-state index contributed by atoms with van der Waals surface area (Å²) in [6.45, 7) is 3.20. The Hall–Kier alpha value is -1.29. The average molecular weight is 208 g/mol. The van der Waals surface area contributed by atoms with Crippen molar-refractivity contribution in [3.63, 3.8) is 0 Å². The molecule has 1 amide bonds. The van der Waals surface area contributed by atoms with Gasteiger partial charge in [-0.2, -0.15) is 0 Å². The summed E-state index contributed by atoms with van der Waals surface area (Å²) in [6.07, 6.45) is 3.59. The van der Waals surface area contributed by atoms with Crippen molar-refractivity contribution in [2.24, 2.45) is 5.73 Å². The normalized spacial score (nSPS) is 20.9. The lowest BCUT2D eigenvalue weighted by molar-refractivity contribution is 0.0708. The Morgan fingerprint density at radius 2 is 2.53 bits per heavy atom. The molecule has 1 fully saturated rings. The Balaban J connectivity index is 2.18. The van der Waals surface area contributed by atoms with Gasteiger partial charge >= 0.3 is 0 Å². The number of hydrogen-bond donors (Lipinski definition) is 1. The monoisotopic (exact) mass is 208 g/mol. The molecule has 0 radical (unpaired) electrons. The number of nitrogens with two attached hydrogens (primary N) is 1. The van der Waals surface area contributed by atoms with Gasteiger partial charge in [-0.3, -0.25) is 4.79 Å². The van der Waals surface area contributed by atoms with Gasteiger partial charge in [0.1, 0.15) is 0 Å². The molecule has 0 saturated carbocycles. The van der Waals surface area contributed by atoms with Gasteiger partial charge in [-0.15, -0.1) is 0 Å². The van der Waals surface area contributed by atoms with E-state index in [0.717, 1.165) is 24.9 Å². The van der Waals surface area contributed by atoms with Gasteiger partial charge in [0.2, 0.25) is 0 Å². The van der Waals surface area contributed by atoms with Crippen LogP contribution < -0.4 is 5.73 Å². The summed E-state index contributed by atoms with van der Waals surface area (Å²) in [5.41, 5.74) is 6.52. The van der Waals surface area contributed by atoms with Crippen molar-refractivity contribution in [2.45, 2.75) is 25.8 Å². The van der Waals surface area contributed by atoms with Crippen LogP contribution in [-0.2, 0) is 0 Å². The molecule has 0 aliphatic carbocycles. The summed E-state index contributed by atoms with van der Waals surface area (Å²) < 4.78 is 5.20. The summed E-state index contributed by atoms with van der Waals surface area (Å²) >= 11 is 0. The SMILES string of the molecule is Cc1ccoc1C(=O)N1CCCC1CN. The summed E-state index contributed by atoms with van der Waals surface area (Å²) in [4.78, 5) is 13.9. The van der Waals surface area contributed by atoms with E-state index in [-0.39, 0.29) is 11.9 Å². The lowest BCUT2D eigenvalue weighted by Crippen LogP contribution is -2.39. The lowest BCUT2D eigenvalue weighted by Gasteiger charge is -2.22. The minimum absolute atomic E-state index is 0.0227. The zero-order chi connectivity index (χ0) is 10.8.